The van der Waals surface area contributed by atoms with Crippen LogP contribution >= 0.6 is 0 Å². The zero-order valence-corrected chi connectivity index (χ0v) is 17.9. The van der Waals surface area contributed by atoms with Gasteiger partial charge in [-0.05, 0) is 68.9 Å². The summed E-state index contributed by atoms with van der Waals surface area (Å²) < 4.78 is 0. The second-order valence-corrected chi connectivity index (χ2v) is 8.28. The molecule has 0 spiro atoms. The monoisotopic (exact) mass is 400 g/mol. The number of carbonyl (C=O) groups excluding carboxylic acids is 1. The average Bonchev–Trinajstić information content (AvgIpc) is 2.75. The number of aryl methyl sites for hydroxylation is 3. The van der Waals surface area contributed by atoms with E-state index in [0.717, 1.165) is 42.9 Å². The highest BCUT2D eigenvalue weighted by molar-refractivity contribution is 5.92. The Morgan fingerprint density at radius 1 is 1.07 bits per heavy atom. The van der Waals surface area contributed by atoms with Crippen LogP contribution in [0.2, 0.25) is 0 Å². The lowest BCUT2D eigenvalue weighted by Crippen LogP contribution is -2.39. The lowest BCUT2D eigenvalue weighted by Gasteiger charge is -2.32. The number of hydrogen-bond donors (Lipinski definition) is 0. The first-order valence-electron chi connectivity index (χ1n) is 10.6. The first-order chi connectivity index (χ1) is 14.5. The molecule has 1 aromatic carbocycles. The van der Waals surface area contributed by atoms with Crippen LogP contribution in [0.1, 0.15) is 63.0 Å². The molecule has 0 N–H and O–H groups in total. The van der Waals surface area contributed by atoms with Gasteiger partial charge in [0.05, 0.1) is 11.9 Å². The molecule has 1 aliphatic rings. The van der Waals surface area contributed by atoms with E-state index in [-0.39, 0.29) is 11.8 Å². The third kappa shape index (κ3) is 4.56. The topological polar surface area (TPSA) is 59.0 Å². The molecule has 0 bridgehead atoms. The van der Waals surface area contributed by atoms with Crippen LogP contribution in [0, 0.1) is 20.8 Å². The molecule has 0 radical (unpaired) electrons. The van der Waals surface area contributed by atoms with E-state index in [9.17, 15) is 4.79 Å². The molecule has 1 unspecified atom stereocenters. The second-order valence-electron chi connectivity index (χ2n) is 8.28. The highest BCUT2D eigenvalue weighted by atomic mass is 16.2. The fourth-order valence-corrected chi connectivity index (χ4v) is 4.18. The number of amides is 1. The molecule has 1 amide bonds. The summed E-state index contributed by atoms with van der Waals surface area (Å²) in [5.41, 5.74) is 7.27. The van der Waals surface area contributed by atoms with Gasteiger partial charge in [-0.3, -0.25) is 14.8 Å². The van der Waals surface area contributed by atoms with E-state index in [1.165, 1.54) is 16.7 Å². The molecule has 5 nitrogen and oxygen atoms in total. The largest absolute Gasteiger partial charge is 0.337 e. The van der Waals surface area contributed by atoms with E-state index in [1.807, 2.05) is 11.8 Å². The summed E-state index contributed by atoms with van der Waals surface area (Å²) in [6.07, 6.45) is 6.14. The molecule has 1 saturated heterocycles. The van der Waals surface area contributed by atoms with E-state index < -0.39 is 0 Å². The van der Waals surface area contributed by atoms with Gasteiger partial charge in [-0.15, -0.1) is 0 Å². The minimum Gasteiger partial charge on any atom is -0.337 e. The summed E-state index contributed by atoms with van der Waals surface area (Å²) >= 11 is 0. The van der Waals surface area contributed by atoms with E-state index in [2.05, 4.69) is 60.2 Å². The number of aromatic nitrogens is 3. The number of pyridine rings is 1. The quantitative estimate of drug-likeness (QED) is 0.651. The third-order valence-electron chi connectivity index (χ3n) is 5.82. The van der Waals surface area contributed by atoms with Crippen LogP contribution in [0.4, 0.5) is 0 Å². The number of rotatable bonds is 4. The van der Waals surface area contributed by atoms with Crippen molar-refractivity contribution in [3.05, 3.63) is 88.3 Å². The Morgan fingerprint density at radius 2 is 1.90 bits per heavy atom. The van der Waals surface area contributed by atoms with Crippen molar-refractivity contribution in [2.45, 2.75) is 46.0 Å². The van der Waals surface area contributed by atoms with Crippen LogP contribution in [-0.4, -0.2) is 38.8 Å². The fourth-order valence-electron chi connectivity index (χ4n) is 4.18. The minimum absolute atomic E-state index is 0.0417. The van der Waals surface area contributed by atoms with Crippen molar-refractivity contribution < 1.29 is 4.79 Å². The van der Waals surface area contributed by atoms with Gasteiger partial charge in [-0.2, -0.15) is 0 Å². The number of hydrogen-bond acceptors (Lipinski definition) is 4. The normalized spacial score (nSPS) is 16.5. The highest BCUT2D eigenvalue weighted by Gasteiger charge is 2.27. The summed E-state index contributed by atoms with van der Waals surface area (Å²) in [4.78, 5) is 28.1. The Kier molecular flexibility index (Phi) is 5.88. The number of likely N-dealkylation sites (tertiary alicyclic amines) is 1. The van der Waals surface area contributed by atoms with Crippen LogP contribution in [-0.2, 0) is 6.42 Å². The molecule has 3 aromatic rings. The van der Waals surface area contributed by atoms with Crippen LogP contribution in [0.25, 0.3) is 0 Å². The zero-order valence-electron chi connectivity index (χ0n) is 17.9. The lowest BCUT2D eigenvalue weighted by atomic mass is 9.91. The molecule has 5 heteroatoms. The minimum atomic E-state index is -0.0417. The molecule has 0 saturated carbocycles. The Labute approximate surface area is 178 Å². The molecule has 0 aliphatic carbocycles. The van der Waals surface area contributed by atoms with Crippen LogP contribution in [0.15, 0.2) is 48.8 Å². The van der Waals surface area contributed by atoms with Crippen molar-refractivity contribution in [3.63, 3.8) is 0 Å². The predicted octanol–water partition coefficient (Wildman–Crippen LogP) is 4.41. The van der Waals surface area contributed by atoms with Gasteiger partial charge in [-0.1, -0.05) is 24.3 Å². The van der Waals surface area contributed by atoms with Crippen molar-refractivity contribution in [3.8, 4) is 0 Å². The predicted molar refractivity (Wildman–Crippen MR) is 118 cm³/mol. The lowest BCUT2D eigenvalue weighted by molar-refractivity contribution is 0.0699. The molecular formula is C25H28N4O. The first kappa shape index (κ1) is 20.2. The van der Waals surface area contributed by atoms with Crippen LogP contribution < -0.4 is 0 Å². The van der Waals surface area contributed by atoms with Gasteiger partial charge in [0.25, 0.3) is 5.91 Å². The van der Waals surface area contributed by atoms with Crippen molar-refractivity contribution in [1.82, 2.24) is 19.9 Å². The summed E-state index contributed by atoms with van der Waals surface area (Å²) in [6.45, 7) is 7.51. The van der Waals surface area contributed by atoms with Gasteiger partial charge in [0.15, 0.2) is 0 Å². The molecule has 1 aliphatic heterocycles. The average molecular weight is 401 g/mol. The summed E-state index contributed by atoms with van der Waals surface area (Å²) in [6, 6.07) is 12.9. The Balaban J connectivity index is 1.53. The molecular weight excluding hydrogens is 372 g/mol. The molecule has 154 valence electrons. The van der Waals surface area contributed by atoms with Gasteiger partial charge < -0.3 is 4.90 Å². The van der Waals surface area contributed by atoms with E-state index in [1.54, 1.807) is 12.4 Å². The number of benzene rings is 1. The van der Waals surface area contributed by atoms with Gasteiger partial charge in [0, 0.05) is 36.6 Å². The molecule has 4 rings (SSSR count). The number of nitrogens with zero attached hydrogens (tertiary/aromatic N) is 4. The standard InChI is InChI=1S/C25H28N4O/c1-17-7-4-5-8-21(17)12-20-11-18(2)28-23(13-20)22-9-6-10-29(16-22)25(30)24-15-26-19(3)14-27-24/h4-5,7-8,11,13-15,22H,6,9-10,12,16H2,1-3H3. The smallest absolute Gasteiger partial charge is 0.274 e. The third-order valence-corrected chi connectivity index (χ3v) is 5.82. The first-order valence-corrected chi connectivity index (χ1v) is 10.6. The van der Waals surface area contributed by atoms with Crippen molar-refractivity contribution in [1.29, 1.82) is 0 Å². The maximum atomic E-state index is 12.9. The fraction of sp³-hybridized carbons (Fsp3) is 0.360. The van der Waals surface area contributed by atoms with Crippen molar-refractivity contribution in [2.24, 2.45) is 0 Å². The molecule has 1 fully saturated rings. The van der Waals surface area contributed by atoms with Crippen molar-refractivity contribution in [2.75, 3.05) is 13.1 Å². The van der Waals surface area contributed by atoms with Gasteiger partial charge in [-0.25, -0.2) is 4.98 Å². The van der Waals surface area contributed by atoms with Crippen LogP contribution in [0.3, 0.4) is 0 Å². The summed E-state index contributed by atoms with van der Waals surface area (Å²) in [5.74, 6) is 0.205. The second kappa shape index (κ2) is 8.74. The number of carbonyl (C=O) groups is 1. The number of piperidine rings is 1. The maximum Gasteiger partial charge on any atom is 0.274 e. The molecule has 2 aromatic heterocycles. The van der Waals surface area contributed by atoms with Gasteiger partial charge in [0.2, 0.25) is 0 Å². The van der Waals surface area contributed by atoms with Crippen molar-refractivity contribution >= 4 is 5.91 Å². The molecule has 1 atom stereocenters. The zero-order chi connectivity index (χ0) is 21.1. The van der Waals surface area contributed by atoms with E-state index in [4.69, 9.17) is 4.98 Å². The Morgan fingerprint density at radius 3 is 2.67 bits per heavy atom. The highest BCUT2D eigenvalue weighted by Crippen LogP contribution is 2.28. The summed E-state index contributed by atoms with van der Waals surface area (Å²) in [7, 11) is 0. The Hall–Kier alpha value is -3.08. The van der Waals surface area contributed by atoms with Gasteiger partial charge in [0.1, 0.15) is 5.69 Å². The van der Waals surface area contributed by atoms with E-state index in [0.29, 0.717) is 12.2 Å². The van der Waals surface area contributed by atoms with E-state index >= 15 is 0 Å². The van der Waals surface area contributed by atoms with Gasteiger partial charge >= 0.3 is 0 Å². The maximum absolute atomic E-state index is 12.9. The molecule has 30 heavy (non-hydrogen) atoms. The SMILES string of the molecule is Cc1cnc(C(=O)N2CCCC(c3cc(Cc4ccccc4C)cc(C)n3)C2)cn1. The Bertz CT molecular complexity index is 1050. The summed E-state index contributed by atoms with van der Waals surface area (Å²) in [5, 5.41) is 0. The van der Waals surface area contributed by atoms with Crippen LogP contribution in [0.5, 0.6) is 0 Å². The molecule has 3 heterocycles.